The summed E-state index contributed by atoms with van der Waals surface area (Å²) in [6.45, 7) is 19.5. The molecule has 31 heavy (non-hydrogen) atoms. The van der Waals surface area contributed by atoms with Gasteiger partial charge in [-0.25, -0.2) is 9.18 Å². The highest BCUT2D eigenvalue weighted by atomic mass is 28.4. The zero-order chi connectivity index (χ0) is 23.4. The molecule has 0 bridgehead atoms. The molecule has 1 aromatic carbocycles. The normalized spacial score (nSPS) is 15.8. The molecule has 0 saturated carbocycles. The van der Waals surface area contributed by atoms with E-state index in [2.05, 4.69) is 50.6 Å². The van der Waals surface area contributed by atoms with E-state index in [4.69, 9.17) is 9.16 Å². The number of rotatable bonds is 3. The number of ether oxygens (including phenoxy) is 1. The Bertz CT molecular complexity index is 839. The molecule has 0 aliphatic carbocycles. The molecule has 0 radical (unpaired) electrons. The van der Waals surface area contributed by atoms with Gasteiger partial charge < -0.3 is 14.1 Å². The summed E-state index contributed by atoms with van der Waals surface area (Å²) in [7, 11) is -2.09. The van der Waals surface area contributed by atoms with Gasteiger partial charge >= 0.3 is 6.09 Å². The third kappa shape index (κ3) is 7.55. The predicted octanol–water partition coefficient (Wildman–Crippen LogP) is 5.11. The molecular formula is C24H37FN2O3Si. The van der Waals surface area contributed by atoms with Gasteiger partial charge in [-0.3, -0.25) is 4.90 Å². The number of nitrogens with zero attached hydrogens (tertiary/aromatic N) is 2. The Morgan fingerprint density at radius 1 is 1.10 bits per heavy atom. The highest BCUT2D eigenvalue weighted by Gasteiger charge is 2.39. The molecule has 5 nitrogen and oxygen atoms in total. The van der Waals surface area contributed by atoms with Crippen LogP contribution in [-0.4, -0.2) is 62.5 Å². The van der Waals surface area contributed by atoms with Gasteiger partial charge in [0.05, 0.1) is 6.54 Å². The van der Waals surface area contributed by atoms with Crippen molar-refractivity contribution in [3.05, 3.63) is 29.6 Å². The van der Waals surface area contributed by atoms with Crippen LogP contribution in [0.4, 0.5) is 9.18 Å². The number of carbonyl (C=O) groups excluding carboxylic acids is 1. The first kappa shape index (κ1) is 25.2. The smallest absolute Gasteiger partial charge is 0.410 e. The maximum absolute atomic E-state index is 14.6. The molecule has 1 fully saturated rings. The van der Waals surface area contributed by atoms with Crippen LogP contribution >= 0.6 is 0 Å². The van der Waals surface area contributed by atoms with E-state index in [-0.39, 0.29) is 16.9 Å². The Kier molecular flexibility index (Phi) is 7.83. The average molecular weight is 449 g/mol. The first-order valence-corrected chi connectivity index (χ1v) is 13.8. The van der Waals surface area contributed by atoms with E-state index < -0.39 is 13.9 Å². The van der Waals surface area contributed by atoms with Crippen LogP contribution in [0.2, 0.25) is 18.1 Å². The summed E-state index contributed by atoms with van der Waals surface area (Å²) in [5.74, 6) is 6.08. The van der Waals surface area contributed by atoms with Crippen LogP contribution in [0.1, 0.15) is 47.1 Å². The monoisotopic (exact) mass is 448 g/mol. The highest BCUT2D eigenvalue weighted by molar-refractivity contribution is 6.74. The van der Waals surface area contributed by atoms with Gasteiger partial charge in [0.1, 0.15) is 11.4 Å². The van der Waals surface area contributed by atoms with Gasteiger partial charge in [0.25, 0.3) is 8.32 Å². The van der Waals surface area contributed by atoms with E-state index in [1.165, 1.54) is 6.07 Å². The van der Waals surface area contributed by atoms with Crippen LogP contribution in [0.5, 0.6) is 5.75 Å². The standard InChI is InChI=1S/C24H37FN2O3Si/c1-23(2,3)29-22(28)27-16-14-26(15-17-27)13-9-10-19-11-12-21(20(25)18-19)30-31(7,8)24(4,5)6/h11-12,18H,13-17H2,1-8H3. The third-order valence-electron chi connectivity index (χ3n) is 5.66. The molecule has 172 valence electrons. The SMILES string of the molecule is CC(C)(C)OC(=O)N1CCN(CC#Cc2ccc(O[Si](C)(C)C(C)(C)C)c(F)c2)CC1. The Labute approximate surface area is 188 Å². The highest BCUT2D eigenvalue weighted by Crippen LogP contribution is 2.38. The molecule has 0 unspecified atom stereocenters. The Balaban J connectivity index is 1.89. The zero-order valence-electron chi connectivity index (χ0n) is 20.3. The minimum Gasteiger partial charge on any atom is -0.542 e. The van der Waals surface area contributed by atoms with E-state index in [9.17, 15) is 9.18 Å². The molecule has 1 aliphatic rings. The lowest BCUT2D eigenvalue weighted by Gasteiger charge is -2.36. The van der Waals surface area contributed by atoms with Crippen LogP contribution in [0.25, 0.3) is 0 Å². The summed E-state index contributed by atoms with van der Waals surface area (Å²) in [4.78, 5) is 16.0. The number of benzene rings is 1. The van der Waals surface area contributed by atoms with Gasteiger partial charge in [0.2, 0.25) is 0 Å². The van der Waals surface area contributed by atoms with E-state index in [1.807, 2.05) is 20.8 Å². The van der Waals surface area contributed by atoms with Crippen molar-refractivity contribution in [1.82, 2.24) is 9.80 Å². The Morgan fingerprint density at radius 3 is 2.23 bits per heavy atom. The van der Waals surface area contributed by atoms with Crippen molar-refractivity contribution in [2.24, 2.45) is 0 Å². The summed E-state index contributed by atoms with van der Waals surface area (Å²) < 4.78 is 26.1. The van der Waals surface area contributed by atoms with Crippen molar-refractivity contribution in [3.63, 3.8) is 0 Å². The van der Waals surface area contributed by atoms with Crippen molar-refractivity contribution < 1.29 is 18.3 Å². The van der Waals surface area contributed by atoms with Gasteiger partial charge in [-0.1, -0.05) is 32.6 Å². The maximum Gasteiger partial charge on any atom is 0.410 e. The minimum absolute atomic E-state index is 0.00538. The number of amides is 1. The van der Waals surface area contributed by atoms with Gasteiger partial charge in [-0.2, -0.15) is 0 Å². The Hall–Kier alpha value is -2.04. The molecule has 1 aliphatic heterocycles. The third-order valence-corrected chi connectivity index (χ3v) is 10.0. The second-order valence-electron chi connectivity index (χ2n) is 10.6. The van der Waals surface area contributed by atoms with Gasteiger partial charge in [-0.05, 0) is 57.1 Å². The van der Waals surface area contributed by atoms with E-state index >= 15 is 0 Å². The molecule has 0 spiro atoms. The van der Waals surface area contributed by atoms with Gasteiger partial charge in [0, 0.05) is 31.7 Å². The lowest BCUT2D eigenvalue weighted by atomic mass is 10.2. The van der Waals surface area contributed by atoms with Crippen molar-refractivity contribution in [3.8, 4) is 17.6 Å². The lowest BCUT2D eigenvalue weighted by Crippen LogP contribution is -2.50. The number of hydrogen-bond acceptors (Lipinski definition) is 4. The molecule has 0 N–H and O–H groups in total. The average Bonchev–Trinajstić information content (AvgIpc) is 2.62. The van der Waals surface area contributed by atoms with E-state index in [0.29, 0.717) is 30.9 Å². The first-order chi connectivity index (χ1) is 14.2. The summed E-state index contributed by atoms with van der Waals surface area (Å²) >= 11 is 0. The zero-order valence-corrected chi connectivity index (χ0v) is 21.3. The van der Waals surface area contributed by atoms with Gasteiger partial charge in [-0.15, -0.1) is 0 Å². The molecule has 1 saturated heterocycles. The molecule has 1 heterocycles. The molecule has 0 atom stereocenters. The van der Waals surface area contributed by atoms with Gasteiger partial charge in [0.15, 0.2) is 5.82 Å². The molecule has 0 aromatic heterocycles. The second kappa shape index (κ2) is 9.62. The topological polar surface area (TPSA) is 42.0 Å². The molecule has 1 amide bonds. The van der Waals surface area contributed by atoms with Crippen LogP contribution in [-0.2, 0) is 4.74 Å². The minimum atomic E-state index is -2.09. The molecule has 7 heteroatoms. The molecule has 2 rings (SSSR count). The fourth-order valence-corrected chi connectivity index (χ4v) is 3.78. The van der Waals surface area contributed by atoms with E-state index in [1.54, 1.807) is 17.0 Å². The van der Waals surface area contributed by atoms with Crippen molar-refractivity contribution in [2.75, 3.05) is 32.7 Å². The first-order valence-electron chi connectivity index (χ1n) is 10.9. The number of carbonyl (C=O) groups is 1. The van der Waals surface area contributed by atoms with Crippen LogP contribution in [0.15, 0.2) is 18.2 Å². The summed E-state index contributed by atoms with van der Waals surface area (Å²) in [6.07, 6.45) is -0.270. The van der Waals surface area contributed by atoms with Crippen molar-refractivity contribution in [2.45, 2.75) is 65.3 Å². The molecular weight excluding hydrogens is 411 g/mol. The van der Waals surface area contributed by atoms with Crippen LogP contribution in [0.3, 0.4) is 0 Å². The molecule has 1 aromatic rings. The predicted molar refractivity (Wildman–Crippen MR) is 125 cm³/mol. The fourth-order valence-electron chi connectivity index (χ4n) is 2.76. The van der Waals surface area contributed by atoms with E-state index in [0.717, 1.165) is 13.1 Å². The van der Waals surface area contributed by atoms with Crippen LogP contribution in [0, 0.1) is 17.7 Å². The number of piperazine rings is 1. The maximum atomic E-state index is 14.6. The van der Waals surface area contributed by atoms with Crippen LogP contribution < -0.4 is 4.43 Å². The second-order valence-corrected chi connectivity index (χ2v) is 15.3. The number of halogens is 1. The quantitative estimate of drug-likeness (QED) is 0.476. The Morgan fingerprint density at radius 2 is 1.71 bits per heavy atom. The summed E-state index contributed by atoms with van der Waals surface area (Å²) in [5.41, 5.74) is 0.146. The summed E-state index contributed by atoms with van der Waals surface area (Å²) in [5, 5.41) is 0.00538. The summed E-state index contributed by atoms with van der Waals surface area (Å²) in [6, 6.07) is 4.92. The van der Waals surface area contributed by atoms with Crippen molar-refractivity contribution in [1.29, 1.82) is 0 Å². The number of hydrogen-bond donors (Lipinski definition) is 0. The fraction of sp³-hybridized carbons (Fsp3) is 0.625. The largest absolute Gasteiger partial charge is 0.542 e. The van der Waals surface area contributed by atoms with Crippen molar-refractivity contribution >= 4 is 14.4 Å². The lowest BCUT2D eigenvalue weighted by molar-refractivity contribution is 0.0155.